The number of para-hydroxylation sites is 1. The van der Waals surface area contributed by atoms with E-state index in [1.165, 1.54) is 13.2 Å². The largest absolute Gasteiger partial charge is 0.494 e. The first-order valence-corrected chi connectivity index (χ1v) is 13.7. The number of amides is 3. The van der Waals surface area contributed by atoms with E-state index in [4.69, 9.17) is 28.3 Å². The molecule has 0 atom stereocenters. The van der Waals surface area contributed by atoms with Gasteiger partial charge in [-0.2, -0.15) is 5.10 Å². The number of benzene rings is 1. The van der Waals surface area contributed by atoms with E-state index in [9.17, 15) is 14.4 Å². The number of piperidine rings is 1. The second-order valence-corrected chi connectivity index (χ2v) is 10.5. The standard InChI is InChI=1S/C27H29B3N8O4/c1-37-20(26(41)38-11-4-3-5-12-38)13-18(36-37)16-7-6-8-17(23(16)42-2)31-19-14-21(32-24(39)15-9-10-15)34-35-22(19)25(40)33-27(28,29)30/h6-8,13-15H,3-5,9-12H2,1-2H3,(H,33,40)(H2,31,32,34,39). The van der Waals surface area contributed by atoms with E-state index < -0.39 is 11.1 Å². The zero-order valence-electron chi connectivity index (χ0n) is 23.5. The summed E-state index contributed by atoms with van der Waals surface area (Å²) in [5, 5.41) is 18.7. The third-order valence-electron chi connectivity index (χ3n) is 7.05. The average Bonchev–Trinajstić information content (AvgIpc) is 3.74. The van der Waals surface area contributed by atoms with E-state index in [0.717, 1.165) is 45.2 Å². The summed E-state index contributed by atoms with van der Waals surface area (Å²) in [5.74, 6) is -0.573. The van der Waals surface area contributed by atoms with Crippen LogP contribution in [0, 0.1) is 5.92 Å². The van der Waals surface area contributed by atoms with Crippen molar-refractivity contribution < 1.29 is 19.1 Å². The van der Waals surface area contributed by atoms with Crippen LogP contribution in [0.15, 0.2) is 30.3 Å². The maximum atomic E-state index is 13.2. The first kappa shape index (κ1) is 29.2. The number of rotatable bonds is 9. The van der Waals surface area contributed by atoms with Gasteiger partial charge in [-0.3, -0.25) is 19.1 Å². The lowest BCUT2D eigenvalue weighted by Gasteiger charge is -2.26. The average molecular weight is 562 g/mol. The van der Waals surface area contributed by atoms with E-state index >= 15 is 0 Å². The Balaban J connectivity index is 1.48. The molecule has 12 nitrogen and oxygen atoms in total. The number of hydrogen-bond donors (Lipinski definition) is 3. The first-order chi connectivity index (χ1) is 20.0. The minimum absolute atomic E-state index is 0.0691. The monoisotopic (exact) mass is 562 g/mol. The van der Waals surface area contributed by atoms with Gasteiger partial charge in [0.15, 0.2) is 17.3 Å². The summed E-state index contributed by atoms with van der Waals surface area (Å²) in [6.45, 7) is 1.45. The summed E-state index contributed by atoms with van der Waals surface area (Å²) in [7, 11) is 19.9. The minimum atomic E-state index is -2.01. The molecular weight excluding hydrogens is 533 g/mol. The van der Waals surface area contributed by atoms with Gasteiger partial charge in [0, 0.05) is 37.7 Å². The Hall–Kier alpha value is -4.29. The van der Waals surface area contributed by atoms with Gasteiger partial charge in [0.1, 0.15) is 5.69 Å². The fourth-order valence-corrected chi connectivity index (χ4v) is 4.81. The van der Waals surface area contributed by atoms with Crippen LogP contribution in [0.4, 0.5) is 17.2 Å². The summed E-state index contributed by atoms with van der Waals surface area (Å²) in [6, 6.07) is 8.52. The molecule has 3 aromatic rings. The fraction of sp³-hybridized carbons (Fsp3) is 0.407. The molecule has 1 saturated carbocycles. The molecule has 1 saturated heterocycles. The number of aryl methyl sites for hydroxylation is 1. The van der Waals surface area contributed by atoms with Gasteiger partial charge in [-0.1, -0.05) is 11.3 Å². The number of hydrogen-bond acceptors (Lipinski definition) is 8. The number of carbonyl (C=O) groups excluding carboxylic acids is 3. The molecule has 3 heterocycles. The molecule has 2 aliphatic rings. The normalized spacial score (nSPS) is 15.1. The molecular formula is C27H29B3N8O4. The Labute approximate surface area is 247 Å². The number of anilines is 3. The van der Waals surface area contributed by atoms with Crippen molar-refractivity contribution in [3.8, 4) is 17.0 Å². The topological polar surface area (TPSA) is 143 Å². The number of methoxy groups -OCH3 is 1. The summed E-state index contributed by atoms with van der Waals surface area (Å²) < 4.78 is 7.34. The minimum Gasteiger partial charge on any atom is -0.494 e. The molecule has 1 aliphatic carbocycles. The second-order valence-electron chi connectivity index (χ2n) is 10.5. The third-order valence-corrected chi connectivity index (χ3v) is 7.05. The number of ether oxygens (including phenoxy) is 1. The van der Waals surface area contributed by atoms with Crippen molar-refractivity contribution in [3.05, 3.63) is 41.7 Å². The molecule has 1 aliphatic heterocycles. The van der Waals surface area contributed by atoms with Crippen molar-refractivity contribution in [2.45, 2.75) is 37.3 Å². The Morgan fingerprint density at radius 3 is 2.43 bits per heavy atom. The van der Waals surface area contributed by atoms with Crippen LogP contribution >= 0.6 is 0 Å². The van der Waals surface area contributed by atoms with E-state index in [1.54, 1.807) is 29.9 Å². The highest BCUT2D eigenvalue weighted by molar-refractivity contribution is 6.60. The zero-order chi connectivity index (χ0) is 30.0. The predicted molar refractivity (Wildman–Crippen MR) is 159 cm³/mol. The molecule has 210 valence electrons. The molecule has 6 radical (unpaired) electrons. The SMILES string of the molecule is [B]C([B])([B])NC(=O)c1nnc(NC(=O)C2CC2)cc1Nc1cccc(-c2cc(C(=O)N3CCCCC3)n(C)n2)c1OC. The van der Waals surface area contributed by atoms with Crippen molar-refractivity contribution in [3.63, 3.8) is 0 Å². The van der Waals surface area contributed by atoms with Crippen molar-refractivity contribution in [2.24, 2.45) is 13.0 Å². The molecule has 0 unspecified atom stereocenters. The predicted octanol–water partition coefficient (Wildman–Crippen LogP) is 1.45. The van der Waals surface area contributed by atoms with Gasteiger partial charge >= 0.3 is 0 Å². The summed E-state index contributed by atoms with van der Waals surface area (Å²) >= 11 is 0. The third kappa shape index (κ3) is 6.61. The molecule has 42 heavy (non-hydrogen) atoms. The molecule has 1 aromatic carbocycles. The summed E-state index contributed by atoms with van der Waals surface area (Å²) in [6.07, 6.45) is 4.69. The van der Waals surface area contributed by atoms with Crippen LogP contribution in [0.3, 0.4) is 0 Å². The molecule has 2 fully saturated rings. The zero-order valence-corrected chi connectivity index (χ0v) is 23.5. The van der Waals surface area contributed by atoms with Gasteiger partial charge in [0.2, 0.25) is 5.91 Å². The number of carbonyl (C=O) groups is 3. The first-order valence-electron chi connectivity index (χ1n) is 13.7. The lowest BCUT2D eigenvalue weighted by molar-refractivity contribution is -0.117. The van der Waals surface area contributed by atoms with Gasteiger partial charge in [0.05, 0.1) is 47.7 Å². The molecule has 0 bridgehead atoms. The molecule has 0 spiro atoms. The van der Waals surface area contributed by atoms with E-state index in [1.807, 2.05) is 11.0 Å². The Morgan fingerprint density at radius 2 is 1.76 bits per heavy atom. The van der Waals surface area contributed by atoms with Crippen molar-refractivity contribution in [1.82, 2.24) is 30.2 Å². The molecule has 5 rings (SSSR count). The number of likely N-dealkylation sites (tertiary alicyclic amines) is 1. The van der Waals surface area contributed by atoms with Crippen LogP contribution in [-0.4, -0.2) is 91.6 Å². The van der Waals surface area contributed by atoms with Crippen LogP contribution in [0.25, 0.3) is 11.3 Å². The van der Waals surface area contributed by atoms with Crippen molar-refractivity contribution in [2.75, 3.05) is 30.8 Å². The van der Waals surface area contributed by atoms with Crippen molar-refractivity contribution in [1.29, 1.82) is 0 Å². The van der Waals surface area contributed by atoms with Crippen molar-refractivity contribution >= 4 is 58.5 Å². The molecule has 15 heteroatoms. The summed E-state index contributed by atoms with van der Waals surface area (Å²) in [5.41, 5.74) is 2.05. The molecule has 3 amide bonds. The van der Waals surface area contributed by atoms with E-state index in [0.29, 0.717) is 28.4 Å². The van der Waals surface area contributed by atoms with E-state index in [2.05, 4.69) is 31.2 Å². The van der Waals surface area contributed by atoms with Crippen LogP contribution in [-0.2, 0) is 11.8 Å². The summed E-state index contributed by atoms with van der Waals surface area (Å²) in [4.78, 5) is 40.3. The van der Waals surface area contributed by atoms with Gasteiger partial charge in [-0.05, 0) is 50.3 Å². The number of nitrogens with one attached hydrogen (secondary N) is 3. The maximum Gasteiger partial charge on any atom is 0.272 e. The fourth-order valence-electron chi connectivity index (χ4n) is 4.81. The maximum absolute atomic E-state index is 13.2. The van der Waals surface area contributed by atoms with Gasteiger partial charge in [0.25, 0.3) is 11.8 Å². The van der Waals surface area contributed by atoms with Gasteiger partial charge < -0.3 is 25.6 Å². The van der Waals surface area contributed by atoms with Crippen LogP contribution < -0.4 is 20.7 Å². The Kier molecular flexibility index (Phi) is 8.28. The lowest BCUT2D eigenvalue weighted by atomic mass is 9.49. The smallest absolute Gasteiger partial charge is 0.272 e. The number of aromatic nitrogens is 4. The number of nitrogens with zero attached hydrogens (tertiary/aromatic N) is 5. The van der Waals surface area contributed by atoms with Gasteiger partial charge in [-0.25, -0.2) is 0 Å². The van der Waals surface area contributed by atoms with Crippen LogP contribution in [0.2, 0.25) is 0 Å². The van der Waals surface area contributed by atoms with Crippen LogP contribution in [0.1, 0.15) is 53.1 Å². The highest BCUT2D eigenvalue weighted by Crippen LogP contribution is 2.38. The van der Waals surface area contributed by atoms with Crippen LogP contribution in [0.5, 0.6) is 5.75 Å². The van der Waals surface area contributed by atoms with E-state index in [-0.39, 0.29) is 34.9 Å². The molecule has 2 aromatic heterocycles. The highest BCUT2D eigenvalue weighted by atomic mass is 16.5. The Bertz CT molecular complexity index is 1510. The quantitative estimate of drug-likeness (QED) is 0.333. The van der Waals surface area contributed by atoms with Gasteiger partial charge in [-0.15, -0.1) is 10.2 Å². The highest BCUT2D eigenvalue weighted by Gasteiger charge is 2.30. The molecule has 3 N–H and O–H groups in total. The second kappa shape index (κ2) is 11.9. The lowest BCUT2D eigenvalue weighted by Crippen LogP contribution is -2.50. The Morgan fingerprint density at radius 1 is 1.02 bits per heavy atom.